The van der Waals surface area contributed by atoms with Gasteiger partial charge in [0.2, 0.25) is 0 Å². The van der Waals surface area contributed by atoms with Crippen LogP contribution in [0.25, 0.3) is 0 Å². The molecular weight excluding hydrogens is 164 g/mol. The highest BCUT2D eigenvalue weighted by Crippen LogP contribution is 2.31. The minimum Gasteiger partial charge on any atom is -0.230 e. The summed E-state index contributed by atoms with van der Waals surface area (Å²) in [6, 6.07) is 8.32. The molecule has 0 heterocycles. The predicted octanol–water partition coefficient (Wildman–Crippen LogP) is 2.68. The first-order valence-electron chi connectivity index (χ1n) is 4.05. The summed E-state index contributed by atoms with van der Waals surface area (Å²) in [5.41, 5.74) is 0.971. The van der Waals surface area contributed by atoms with Crippen molar-refractivity contribution >= 4 is 10.9 Å². The summed E-state index contributed by atoms with van der Waals surface area (Å²) in [4.78, 5) is 1.44. The first-order chi connectivity index (χ1) is 5.77. The average molecular weight is 178 g/mol. The van der Waals surface area contributed by atoms with Gasteiger partial charge in [0.05, 0.1) is 0 Å². The Bertz CT molecular complexity index is 279. The minimum absolute atomic E-state index is 0.0406. The SMILES string of the molecule is C#Cc1ccc([SH](C)CC)cc1. The second-order valence-electron chi connectivity index (χ2n) is 2.71. The van der Waals surface area contributed by atoms with E-state index in [1.807, 2.05) is 12.1 Å². The molecule has 1 unspecified atom stereocenters. The predicted molar refractivity (Wildman–Crippen MR) is 58.1 cm³/mol. The summed E-state index contributed by atoms with van der Waals surface area (Å²) in [6.07, 6.45) is 7.56. The third kappa shape index (κ3) is 2.06. The molecule has 0 saturated carbocycles. The number of benzene rings is 1. The monoisotopic (exact) mass is 178 g/mol. The lowest BCUT2D eigenvalue weighted by atomic mass is 10.2. The van der Waals surface area contributed by atoms with Crippen LogP contribution in [-0.2, 0) is 0 Å². The molecule has 0 N–H and O–H groups in total. The van der Waals surface area contributed by atoms with Crippen molar-refractivity contribution in [3.05, 3.63) is 29.8 Å². The second kappa shape index (κ2) is 4.23. The molecule has 64 valence electrons. The molecule has 0 aromatic heterocycles. The van der Waals surface area contributed by atoms with Gasteiger partial charge in [-0.05, 0) is 41.2 Å². The maximum atomic E-state index is 5.26. The minimum atomic E-state index is 0.0406. The summed E-state index contributed by atoms with van der Waals surface area (Å²) >= 11 is 0. The topological polar surface area (TPSA) is 0 Å². The lowest BCUT2D eigenvalue weighted by Gasteiger charge is -2.12. The molecule has 0 bridgehead atoms. The van der Waals surface area contributed by atoms with Crippen LogP contribution in [-0.4, -0.2) is 12.0 Å². The molecule has 1 aromatic carbocycles. The zero-order valence-corrected chi connectivity index (χ0v) is 8.44. The Hall–Kier alpha value is -0.870. The molecule has 0 nitrogen and oxygen atoms in total. The molecule has 0 aliphatic rings. The number of terminal acetylenes is 1. The number of hydrogen-bond donors (Lipinski definition) is 1. The van der Waals surface area contributed by atoms with Crippen LogP contribution in [0.15, 0.2) is 29.2 Å². The molecule has 1 rings (SSSR count). The molecule has 0 spiro atoms. The van der Waals surface area contributed by atoms with Crippen molar-refractivity contribution in [3.8, 4) is 12.3 Å². The standard InChI is InChI=1S/C11H14S/c1-4-10-6-8-11(9-7-10)12(3)5-2/h1,6-9,12H,5H2,2-3H3. The molecule has 0 radical (unpaired) electrons. The van der Waals surface area contributed by atoms with E-state index in [4.69, 9.17) is 6.42 Å². The first-order valence-corrected chi connectivity index (χ1v) is 6.03. The van der Waals surface area contributed by atoms with Crippen LogP contribution in [0.4, 0.5) is 0 Å². The van der Waals surface area contributed by atoms with E-state index in [-0.39, 0.29) is 10.9 Å². The number of hydrogen-bond acceptors (Lipinski definition) is 0. The third-order valence-electron chi connectivity index (χ3n) is 1.95. The van der Waals surface area contributed by atoms with Gasteiger partial charge < -0.3 is 0 Å². The smallest absolute Gasteiger partial charge is 0.0243 e. The third-order valence-corrected chi connectivity index (χ3v) is 4.08. The fourth-order valence-corrected chi connectivity index (χ4v) is 2.02. The van der Waals surface area contributed by atoms with Gasteiger partial charge in [0, 0.05) is 5.56 Å². The highest BCUT2D eigenvalue weighted by molar-refractivity contribution is 8.16. The van der Waals surface area contributed by atoms with Gasteiger partial charge in [-0.25, -0.2) is 10.9 Å². The Labute approximate surface area is 77.3 Å². The van der Waals surface area contributed by atoms with Gasteiger partial charge in [0.25, 0.3) is 0 Å². The first kappa shape index (κ1) is 9.22. The van der Waals surface area contributed by atoms with Crippen LogP contribution >= 0.6 is 10.9 Å². The fourth-order valence-electron chi connectivity index (χ4n) is 0.995. The molecule has 0 aliphatic heterocycles. The van der Waals surface area contributed by atoms with E-state index in [2.05, 4.69) is 31.2 Å². The van der Waals surface area contributed by atoms with Crippen LogP contribution in [0.1, 0.15) is 12.5 Å². The van der Waals surface area contributed by atoms with Gasteiger partial charge in [-0.1, -0.05) is 12.8 Å². The highest BCUT2D eigenvalue weighted by Gasteiger charge is 1.96. The molecule has 1 heteroatoms. The van der Waals surface area contributed by atoms with Gasteiger partial charge >= 0.3 is 0 Å². The lowest BCUT2D eigenvalue weighted by Crippen LogP contribution is -1.83. The van der Waals surface area contributed by atoms with E-state index in [0.717, 1.165) is 5.56 Å². The van der Waals surface area contributed by atoms with Crippen molar-refractivity contribution < 1.29 is 0 Å². The van der Waals surface area contributed by atoms with Crippen molar-refractivity contribution in [2.45, 2.75) is 11.8 Å². The maximum absolute atomic E-state index is 5.26. The van der Waals surface area contributed by atoms with E-state index in [0.29, 0.717) is 0 Å². The highest BCUT2D eigenvalue weighted by atomic mass is 32.2. The van der Waals surface area contributed by atoms with Crippen LogP contribution in [0.2, 0.25) is 0 Å². The quantitative estimate of drug-likeness (QED) is 0.522. The van der Waals surface area contributed by atoms with Crippen molar-refractivity contribution in [2.75, 3.05) is 12.0 Å². The summed E-state index contributed by atoms with van der Waals surface area (Å²) in [5, 5.41) is 0. The molecule has 12 heavy (non-hydrogen) atoms. The Balaban J connectivity index is 2.86. The Morgan fingerprint density at radius 1 is 1.33 bits per heavy atom. The van der Waals surface area contributed by atoms with E-state index in [1.54, 1.807) is 0 Å². The van der Waals surface area contributed by atoms with Crippen LogP contribution in [0.3, 0.4) is 0 Å². The molecule has 0 saturated heterocycles. The molecule has 1 atom stereocenters. The van der Waals surface area contributed by atoms with Crippen molar-refractivity contribution in [1.82, 2.24) is 0 Å². The Morgan fingerprint density at radius 3 is 2.33 bits per heavy atom. The average Bonchev–Trinajstić information content (AvgIpc) is 2.17. The van der Waals surface area contributed by atoms with Gasteiger partial charge in [-0.3, -0.25) is 0 Å². The normalized spacial score (nSPS) is 13.6. The number of thiol groups is 1. The van der Waals surface area contributed by atoms with E-state index in [1.165, 1.54) is 10.6 Å². The lowest BCUT2D eigenvalue weighted by molar-refractivity contribution is 1.40. The maximum Gasteiger partial charge on any atom is 0.0243 e. The largest absolute Gasteiger partial charge is 0.230 e. The molecule has 0 amide bonds. The van der Waals surface area contributed by atoms with Crippen molar-refractivity contribution in [3.63, 3.8) is 0 Å². The van der Waals surface area contributed by atoms with Gasteiger partial charge in [-0.15, -0.1) is 6.42 Å². The zero-order chi connectivity index (χ0) is 8.97. The van der Waals surface area contributed by atoms with E-state index in [9.17, 15) is 0 Å². The van der Waals surface area contributed by atoms with Crippen molar-refractivity contribution in [2.24, 2.45) is 0 Å². The molecule has 0 fully saturated rings. The van der Waals surface area contributed by atoms with Gasteiger partial charge in [0.1, 0.15) is 0 Å². The van der Waals surface area contributed by atoms with Gasteiger partial charge in [0.15, 0.2) is 0 Å². The molecule has 0 aliphatic carbocycles. The Morgan fingerprint density at radius 2 is 1.92 bits per heavy atom. The summed E-state index contributed by atoms with van der Waals surface area (Å²) < 4.78 is 0. The Kier molecular flexibility index (Phi) is 3.25. The van der Waals surface area contributed by atoms with Crippen molar-refractivity contribution in [1.29, 1.82) is 0 Å². The molecule has 1 aromatic rings. The van der Waals surface area contributed by atoms with Gasteiger partial charge in [-0.2, -0.15) is 0 Å². The van der Waals surface area contributed by atoms with E-state index >= 15 is 0 Å². The molecular formula is C11H14S. The van der Waals surface area contributed by atoms with E-state index < -0.39 is 0 Å². The zero-order valence-electron chi connectivity index (χ0n) is 7.54. The van der Waals surface area contributed by atoms with Crippen LogP contribution < -0.4 is 0 Å². The summed E-state index contributed by atoms with van der Waals surface area (Å²) in [7, 11) is 0.0406. The summed E-state index contributed by atoms with van der Waals surface area (Å²) in [6.45, 7) is 2.22. The second-order valence-corrected chi connectivity index (χ2v) is 5.25. The fraction of sp³-hybridized carbons (Fsp3) is 0.273. The number of rotatable bonds is 2. The summed E-state index contributed by atoms with van der Waals surface area (Å²) in [5.74, 6) is 3.86. The van der Waals surface area contributed by atoms with Crippen LogP contribution in [0, 0.1) is 12.3 Å². The van der Waals surface area contributed by atoms with Crippen LogP contribution in [0.5, 0.6) is 0 Å².